The van der Waals surface area contributed by atoms with Gasteiger partial charge in [0.25, 0.3) is 5.91 Å². The maximum atomic E-state index is 13.5. The number of benzene rings is 2. The Morgan fingerprint density at radius 1 is 1.03 bits per heavy atom. The molecule has 7 heteroatoms. The van der Waals surface area contributed by atoms with Crippen LogP contribution in [0.2, 0.25) is 0 Å². The van der Waals surface area contributed by atoms with Gasteiger partial charge in [0.1, 0.15) is 12.4 Å². The molecule has 2 N–H and O–H groups in total. The summed E-state index contributed by atoms with van der Waals surface area (Å²) in [5.74, 6) is -0.588. The van der Waals surface area contributed by atoms with Crippen molar-refractivity contribution in [2.45, 2.75) is 38.5 Å². The molecule has 2 aliphatic heterocycles. The van der Waals surface area contributed by atoms with Crippen LogP contribution in [-0.4, -0.2) is 64.6 Å². The van der Waals surface area contributed by atoms with E-state index in [0.29, 0.717) is 24.4 Å². The summed E-state index contributed by atoms with van der Waals surface area (Å²) in [6.07, 6.45) is 5.29. The van der Waals surface area contributed by atoms with Crippen LogP contribution < -0.4 is 4.74 Å². The van der Waals surface area contributed by atoms with E-state index in [-0.39, 0.29) is 11.5 Å². The van der Waals surface area contributed by atoms with Crippen molar-refractivity contribution in [3.8, 4) is 5.75 Å². The number of carbonyl (C=O) groups is 2. The number of carbonyl (C=O) groups excluding carboxylic acids is 1. The lowest BCUT2D eigenvalue weighted by molar-refractivity contribution is -0.130. The number of aliphatic carboxylic acids is 1. The van der Waals surface area contributed by atoms with E-state index >= 15 is 0 Å². The number of carboxylic acid groups (broad SMARTS) is 1. The smallest absolute Gasteiger partial charge is 0.339 e. The number of rotatable bonds is 6. The lowest BCUT2D eigenvalue weighted by atomic mass is 9.81. The van der Waals surface area contributed by atoms with Crippen LogP contribution in [0.5, 0.6) is 5.75 Å². The van der Waals surface area contributed by atoms with Crippen LogP contribution in [0.25, 0.3) is 16.5 Å². The highest BCUT2D eigenvalue weighted by atomic mass is 16.5. The number of hydrogen-bond acceptors (Lipinski definition) is 4. The first-order valence-electron chi connectivity index (χ1n) is 12.7. The molecule has 1 saturated heterocycles. The maximum absolute atomic E-state index is 13.5. The minimum absolute atomic E-state index is 0.0813. The molecule has 0 saturated carbocycles. The average Bonchev–Trinajstić information content (AvgIpc) is 3.22. The van der Waals surface area contributed by atoms with Gasteiger partial charge in [-0.05, 0) is 61.8 Å². The molecule has 1 fully saturated rings. The van der Waals surface area contributed by atoms with Crippen molar-refractivity contribution in [3.63, 3.8) is 0 Å². The summed E-state index contributed by atoms with van der Waals surface area (Å²) < 4.78 is 5.90. The van der Waals surface area contributed by atoms with E-state index < -0.39 is 11.4 Å². The second-order valence-electron chi connectivity index (χ2n) is 10.4. The number of fused-ring (bicyclic) bond motifs is 3. The van der Waals surface area contributed by atoms with Crippen molar-refractivity contribution >= 4 is 28.4 Å². The topological polar surface area (TPSA) is 85.9 Å². The highest BCUT2D eigenvalue weighted by Gasteiger charge is 2.37. The molecule has 7 nitrogen and oxygen atoms in total. The van der Waals surface area contributed by atoms with E-state index in [1.165, 1.54) is 30.4 Å². The Morgan fingerprint density at radius 3 is 2.47 bits per heavy atom. The second-order valence-corrected chi connectivity index (χ2v) is 10.4. The summed E-state index contributed by atoms with van der Waals surface area (Å²) >= 11 is 0. The van der Waals surface area contributed by atoms with Gasteiger partial charge < -0.3 is 19.7 Å². The fourth-order valence-electron chi connectivity index (χ4n) is 5.45. The minimum atomic E-state index is -1.07. The normalized spacial score (nSPS) is 17.8. The van der Waals surface area contributed by atoms with Crippen molar-refractivity contribution in [2.24, 2.45) is 0 Å². The van der Waals surface area contributed by atoms with Crippen LogP contribution in [0, 0.1) is 0 Å². The van der Waals surface area contributed by atoms with E-state index in [9.17, 15) is 14.7 Å². The Morgan fingerprint density at radius 2 is 1.75 bits per heavy atom. The zero-order valence-corrected chi connectivity index (χ0v) is 20.9. The van der Waals surface area contributed by atoms with Crippen LogP contribution in [0.1, 0.15) is 54.7 Å². The summed E-state index contributed by atoms with van der Waals surface area (Å²) in [6.45, 7) is 8.23. The number of hydrogen-bond donors (Lipinski definition) is 2. The molecule has 36 heavy (non-hydrogen) atoms. The molecular weight excluding hydrogens is 454 g/mol. The first-order chi connectivity index (χ1) is 17.3. The first kappa shape index (κ1) is 24.1. The van der Waals surface area contributed by atoms with Gasteiger partial charge in [-0.1, -0.05) is 38.5 Å². The third-order valence-electron chi connectivity index (χ3n) is 7.22. The summed E-state index contributed by atoms with van der Waals surface area (Å²) in [6, 6.07) is 14.9. The molecule has 188 valence electrons. The van der Waals surface area contributed by atoms with E-state index in [0.717, 1.165) is 41.9 Å². The van der Waals surface area contributed by atoms with Crippen molar-refractivity contribution in [2.75, 3.05) is 32.8 Å². The molecule has 3 heterocycles. The molecule has 0 bridgehead atoms. The van der Waals surface area contributed by atoms with Gasteiger partial charge in [-0.25, -0.2) is 4.79 Å². The molecule has 0 aliphatic carbocycles. The number of H-pyrrole nitrogens is 1. The average molecular weight is 488 g/mol. The molecule has 0 spiro atoms. The molecule has 0 unspecified atom stereocenters. The molecule has 3 aromatic rings. The van der Waals surface area contributed by atoms with Gasteiger partial charge in [0, 0.05) is 41.2 Å². The largest absolute Gasteiger partial charge is 0.492 e. The Labute approximate surface area is 211 Å². The van der Waals surface area contributed by atoms with Gasteiger partial charge in [0.2, 0.25) is 0 Å². The molecular formula is C29H33N3O4. The van der Waals surface area contributed by atoms with E-state index in [1.54, 1.807) is 12.1 Å². The number of carboxylic acids is 1. The highest BCUT2D eigenvalue weighted by molar-refractivity contribution is 6.17. The quantitative estimate of drug-likeness (QED) is 0.517. The van der Waals surface area contributed by atoms with Crippen molar-refractivity contribution < 1.29 is 19.4 Å². The number of nitrogens with zero attached hydrogens (tertiary/aromatic N) is 2. The number of piperidine rings is 1. The molecule has 2 aliphatic rings. The van der Waals surface area contributed by atoms with Crippen LogP contribution in [0.15, 0.2) is 54.7 Å². The SMILES string of the molecule is CC1(C)CN(C(=O)c2ccc(OCCN3CCCCC3)cc2)C=C(C(=O)O)c2[nH]c3ccccc3c21. The van der Waals surface area contributed by atoms with Gasteiger partial charge in [0.05, 0.1) is 11.3 Å². The lowest BCUT2D eigenvalue weighted by Crippen LogP contribution is -2.36. The zero-order chi connectivity index (χ0) is 25.3. The highest BCUT2D eigenvalue weighted by Crippen LogP contribution is 2.40. The number of amides is 1. The van der Waals surface area contributed by atoms with Crippen molar-refractivity contribution in [1.29, 1.82) is 0 Å². The Kier molecular flexibility index (Phi) is 6.58. The lowest BCUT2D eigenvalue weighted by Gasteiger charge is -2.29. The third-order valence-corrected chi connectivity index (χ3v) is 7.22. The van der Waals surface area contributed by atoms with Gasteiger partial charge in [-0.2, -0.15) is 0 Å². The second kappa shape index (κ2) is 9.82. The van der Waals surface area contributed by atoms with E-state index in [2.05, 4.69) is 9.88 Å². The molecule has 1 aromatic heterocycles. The van der Waals surface area contributed by atoms with Crippen LogP contribution in [0.4, 0.5) is 0 Å². The number of aromatic amines is 1. The zero-order valence-electron chi connectivity index (χ0n) is 20.9. The van der Waals surface area contributed by atoms with Crippen LogP contribution in [-0.2, 0) is 10.2 Å². The van der Waals surface area contributed by atoms with Gasteiger partial charge in [-0.15, -0.1) is 0 Å². The van der Waals surface area contributed by atoms with Gasteiger partial charge in [-0.3, -0.25) is 9.69 Å². The number of nitrogens with one attached hydrogen (secondary N) is 1. The summed E-state index contributed by atoms with van der Waals surface area (Å²) in [7, 11) is 0. The predicted octanol–water partition coefficient (Wildman–Crippen LogP) is 4.89. The number of ether oxygens (including phenoxy) is 1. The van der Waals surface area contributed by atoms with E-state index in [4.69, 9.17) is 4.74 Å². The Bertz CT molecular complexity index is 1300. The number of para-hydroxylation sites is 1. The molecule has 1 amide bonds. The maximum Gasteiger partial charge on any atom is 0.339 e. The third kappa shape index (κ3) is 4.75. The minimum Gasteiger partial charge on any atom is -0.492 e. The first-order valence-corrected chi connectivity index (χ1v) is 12.7. The fourth-order valence-corrected chi connectivity index (χ4v) is 5.45. The van der Waals surface area contributed by atoms with Crippen molar-refractivity contribution in [1.82, 2.24) is 14.8 Å². The monoisotopic (exact) mass is 487 g/mol. The molecule has 2 aromatic carbocycles. The predicted molar refractivity (Wildman–Crippen MR) is 140 cm³/mol. The Balaban J connectivity index is 1.35. The Hall–Kier alpha value is -3.58. The summed E-state index contributed by atoms with van der Waals surface area (Å²) in [5.41, 5.74) is 2.46. The van der Waals surface area contributed by atoms with Gasteiger partial charge >= 0.3 is 5.97 Å². The number of likely N-dealkylation sites (tertiary alicyclic amines) is 1. The number of aromatic nitrogens is 1. The molecule has 0 radical (unpaired) electrons. The molecule has 0 atom stereocenters. The van der Waals surface area contributed by atoms with Gasteiger partial charge in [0.15, 0.2) is 0 Å². The van der Waals surface area contributed by atoms with Crippen LogP contribution in [0.3, 0.4) is 0 Å². The summed E-state index contributed by atoms with van der Waals surface area (Å²) in [4.78, 5) is 33.0. The molecule has 5 rings (SSSR count). The fraction of sp³-hybridized carbons (Fsp3) is 0.379. The summed E-state index contributed by atoms with van der Waals surface area (Å²) in [5, 5.41) is 11.0. The standard InChI is InChI=1S/C29H33N3O4/c1-29(2)19-32(18-23(28(34)35)26-25(29)22-8-4-5-9-24(22)30-26)27(33)20-10-12-21(13-11-20)36-17-16-31-14-6-3-7-15-31/h4-5,8-13,18,30H,3,6-7,14-17,19H2,1-2H3,(H,34,35). The van der Waals surface area contributed by atoms with Crippen LogP contribution >= 0.6 is 0 Å². The van der Waals surface area contributed by atoms with Crippen molar-refractivity contribution in [3.05, 3.63) is 71.6 Å². The van der Waals surface area contributed by atoms with E-state index in [1.807, 2.05) is 50.2 Å².